The van der Waals surface area contributed by atoms with Crippen molar-refractivity contribution in [2.45, 2.75) is 59.3 Å². The molecule has 0 amide bonds. The predicted molar refractivity (Wildman–Crippen MR) is 127 cm³/mol. The monoisotopic (exact) mass is 522 g/mol. The number of hydrogen-bond acceptors (Lipinski definition) is 5. The number of guanidine groups is 1. The first kappa shape index (κ1) is 25.1. The molecule has 1 saturated heterocycles. The van der Waals surface area contributed by atoms with Crippen LogP contribution in [0.15, 0.2) is 10.4 Å². The topological polar surface area (TPSA) is 66.8 Å². The van der Waals surface area contributed by atoms with Gasteiger partial charge in [-0.1, -0.05) is 20.8 Å². The smallest absolute Gasteiger partial charge is 0.309 e. The molecule has 1 aliphatic heterocycles. The van der Waals surface area contributed by atoms with Crippen LogP contribution in [0, 0.1) is 5.92 Å². The molecule has 0 aromatic carbocycles. The number of nitrogens with zero attached hydrogens (tertiary/aromatic N) is 3. The number of nitrogens with one attached hydrogen (secondary N) is 1. The van der Waals surface area contributed by atoms with Crippen LogP contribution in [-0.4, -0.2) is 54.6 Å². The summed E-state index contributed by atoms with van der Waals surface area (Å²) < 4.78 is 5.16. The highest BCUT2D eigenvalue weighted by atomic mass is 127. The van der Waals surface area contributed by atoms with Crippen molar-refractivity contribution in [1.82, 2.24) is 15.2 Å². The molecule has 0 aliphatic carbocycles. The molecular weight excluding hydrogens is 487 g/mol. The summed E-state index contributed by atoms with van der Waals surface area (Å²) in [7, 11) is 0. The summed E-state index contributed by atoms with van der Waals surface area (Å²) in [5, 5.41) is 6.68. The molecule has 0 bridgehead atoms. The Morgan fingerprint density at radius 1 is 1.36 bits per heavy atom. The molecular formula is C20H35IN4O2S. The van der Waals surface area contributed by atoms with Crippen molar-refractivity contribution in [2.24, 2.45) is 10.9 Å². The lowest BCUT2D eigenvalue weighted by Gasteiger charge is -2.33. The second-order valence-electron chi connectivity index (χ2n) is 7.88. The highest BCUT2D eigenvalue weighted by Gasteiger charge is 2.27. The maximum Gasteiger partial charge on any atom is 0.309 e. The lowest BCUT2D eigenvalue weighted by Crippen LogP contribution is -2.46. The molecule has 0 saturated carbocycles. The van der Waals surface area contributed by atoms with E-state index < -0.39 is 0 Å². The van der Waals surface area contributed by atoms with Crippen LogP contribution in [0.4, 0.5) is 0 Å². The minimum Gasteiger partial charge on any atom is -0.466 e. The number of likely N-dealkylation sites (tertiary alicyclic amines) is 1. The molecule has 6 nitrogen and oxygen atoms in total. The van der Waals surface area contributed by atoms with E-state index in [4.69, 9.17) is 14.7 Å². The number of aromatic nitrogens is 1. The molecule has 8 heteroatoms. The SMILES string of the molecule is CCNC(=NCCc1nc(C(C)(C)C)cs1)N1CCC(C(=O)OCC)CC1.I. The molecule has 0 unspecified atom stereocenters. The van der Waals surface area contributed by atoms with Gasteiger partial charge >= 0.3 is 5.97 Å². The van der Waals surface area contributed by atoms with Crippen LogP contribution in [0.1, 0.15) is 58.2 Å². The van der Waals surface area contributed by atoms with E-state index in [1.54, 1.807) is 11.3 Å². The van der Waals surface area contributed by atoms with E-state index in [1.807, 2.05) is 6.92 Å². The summed E-state index contributed by atoms with van der Waals surface area (Å²) in [5.41, 5.74) is 1.25. The zero-order chi connectivity index (χ0) is 19.9. The van der Waals surface area contributed by atoms with Crippen molar-refractivity contribution in [2.75, 3.05) is 32.8 Å². The Kier molecular flexibility index (Phi) is 10.7. The molecule has 160 valence electrons. The van der Waals surface area contributed by atoms with Crippen molar-refractivity contribution >= 4 is 47.2 Å². The molecule has 1 aromatic heterocycles. The van der Waals surface area contributed by atoms with Gasteiger partial charge in [-0.3, -0.25) is 9.79 Å². The van der Waals surface area contributed by atoms with Crippen LogP contribution < -0.4 is 5.32 Å². The predicted octanol–water partition coefficient (Wildman–Crippen LogP) is 3.84. The Hall–Kier alpha value is -0.900. The number of carbonyl (C=O) groups is 1. The quantitative estimate of drug-likeness (QED) is 0.266. The van der Waals surface area contributed by atoms with E-state index >= 15 is 0 Å². The third kappa shape index (κ3) is 7.50. The summed E-state index contributed by atoms with van der Waals surface area (Å²) in [5.74, 6) is 0.903. The van der Waals surface area contributed by atoms with Crippen LogP contribution in [0.2, 0.25) is 0 Å². The van der Waals surface area contributed by atoms with Crippen LogP contribution in [0.5, 0.6) is 0 Å². The number of thiazole rings is 1. The summed E-state index contributed by atoms with van der Waals surface area (Å²) in [4.78, 5) is 23.7. The number of hydrogen-bond donors (Lipinski definition) is 1. The highest BCUT2D eigenvalue weighted by molar-refractivity contribution is 14.0. The van der Waals surface area contributed by atoms with Crippen molar-refractivity contribution < 1.29 is 9.53 Å². The average molecular weight is 522 g/mol. The van der Waals surface area contributed by atoms with Crippen LogP contribution in [0.3, 0.4) is 0 Å². The number of aliphatic imine (C=N–C) groups is 1. The highest BCUT2D eigenvalue weighted by Crippen LogP contribution is 2.24. The van der Waals surface area contributed by atoms with E-state index in [1.165, 1.54) is 0 Å². The van der Waals surface area contributed by atoms with Gasteiger partial charge in [-0.25, -0.2) is 4.98 Å². The maximum atomic E-state index is 11.9. The molecule has 28 heavy (non-hydrogen) atoms. The molecule has 0 radical (unpaired) electrons. The zero-order valence-corrected chi connectivity index (χ0v) is 20.9. The second kappa shape index (κ2) is 11.9. The Bertz CT molecular complexity index is 634. The fourth-order valence-electron chi connectivity index (χ4n) is 3.04. The van der Waals surface area contributed by atoms with E-state index in [2.05, 4.69) is 43.3 Å². The molecule has 1 aliphatic rings. The first-order valence-electron chi connectivity index (χ1n) is 10.00. The molecule has 1 fully saturated rings. The molecule has 2 rings (SSSR count). The van der Waals surface area contributed by atoms with Gasteiger partial charge in [0.2, 0.25) is 0 Å². The Balaban J connectivity index is 0.00000392. The number of rotatable bonds is 6. The Morgan fingerprint density at radius 3 is 2.57 bits per heavy atom. The van der Waals surface area contributed by atoms with Gasteiger partial charge < -0.3 is 15.0 Å². The van der Waals surface area contributed by atoms with Crippen LogP contribution >= 0.6 is 35.3 Å². The van der Waals surface area contributed by atoms with Crippen molar-refractivity contribution in [1.29, 1.82) is 0 Å². The molecule has 2 heterocycles. The standard InChI is InChI=1S/C20H34N4O2S.HI/c1-6-21-19(24-12-9-15(10-13-24)18(25)26-7-2)22-11-8-17-23-16(14-27-17)20(3,4)5;/h14-15H,6-13H2,1-5H3,(H,21,22);1H. The second-order valence-corrected chi connectivity index (χ2v) is 8.82. The summed E-state index contributed by atoms with van der Waals surface area (Å²) in [6.45, 7) is 14.2. The normalized spacial score (nSPS) is 15.9. The number of carbonyl (C=O) groups excluding carboxylic acids is 1. The van der Waals surface area contributed by atoms with Gasteiger partial charge in [-0.2, -0.15) is 0 Å². The minimum atomic E-state index is -0.0579. The third-order valence-corrected chi connectivity index (χ3v) is 5.57. The third-order valence-electron chi connectivity index (χ3n) is 4.66. The zero-order valence-electron chi connectivity index (χ0n) is 17.8. The fraction of sp³-hybridized carbons (Fsp3) is 0.750. The molecule has 0 spiro atoms. The number of halogens is 1. The number of piperidine rings is 1. The summed E-state index contributed by atoms with van der Waals surface area (Å²) in [6.07, 6.45) is 2.50. The molecule has 0 atom stereocenters. The lowest BCUT2D eigenvalue weighted by atomic mass is 9.93. The van der Waals surface area contributed by atoms with E-state index in [9.17, 15) is 4.79 Å². The Morgan fingerprint density at radius 2 is 2.04 bits per heavy atom. The summed E-state index contributed by atoms with van der Waals surface area (Å²) >= 11 is 1.72. The van der Waals surface area contributed by atoms with E-state index in [0.717, 1.165) is 62.1 Å². The van der Waals surface area contributed by atoms with Gasteiger partial charge in [-0.15, -0.1) is 35.3 Å². The first-order chi connectivity index (χ1) is 12.8. The van der Waals surface area contributed by atoms with Gasteiger partial charge in [0.25, 0.3) is 0 Å². The van der Waals surface area contributed by atoms with Crippen molar-refractivity contribution in [3.63, 3.8) is 0 Å². The average Bonchev–Trinajstić information content (AvgIpc) is 3.11. The number of ether oxygens (including phenoxy) is 1. The van der Waals surface area contributed by atoms with E-state index in [-0.39, 0.29) is 41.3 Å². The maximum absolute atomic E-state index is 11.9. The summed E-state index contributed by atoms with van der Waals surface area (Å²) in [6, 6.07) is 0. The number of esters is 1. The van der Waals surface area contributed by atoms with Gasteiger partial charge in [0, 0.05) is 43.4 Å². The van der Waals surface area contributed by atoms with Gasteiger partial charge in [0.05, 0.1) is 23.2 Å². The van der Waals surface area contributed by atoms with Crippen LogP contribution in [-0.2, 0) is 21.4 Å². The van der Waals surface area contributed by atoms with E-state index in [0.29, 0.717) is 6.61 Å². The first-order valence-corrected chi connectivity index (χ1v) is 10.9. The van der Waals surface area contributed by atoms with Gasteiger partial charge in [0.1, 0.15) is 0 Å². The van der Waals surface area contributed by atoms with Gasteiger partial charge in [0.15, 0.2) is 5.96 Å². The Labute approximate surface area is 190 Å². The fourth-order valence-corrected chi connectivity index (χ4v) is 4.05. The van der Waals surface area contributed by atoms with Crippen molar-refractivity contribution in [3.8, 4) is 0 Å². The van der Waals surface area contributed by atoms with Gasteiger partial charge in [-0.05, 0) is 26.7 Å². The minimum absolute atomic E-state index is 0. The van der Waals surface area contributed by atoms with Crippen LogP contribution in [0.25, 0.3) is 0 Å². The van der Waals surface area contributed by atoms with Crippen molar-refractivity contribution in [3.05, 3.63) is 16.1 Å². The largest absolute Gasteiger partial charge is 0.466 e. The lowest BCUT2D eigenvalue weighted by molar-refractivity contribution is -0.149. The molecule has 1 aromatic rings. The molecule has 1 N–H and O–H groups in total.